The summed E-state index contributed by atoms with van der Waals surface area (Å²) in [4.78, 5) is 25.1. The zero-order valence-corrected chi connectivity index (χ0v) is 18.9. The fourth-order valence-corrected chi connectivity index (χ4v) is 5.60. The highest BCUT2D eigenvalue weighted by Crippen LogP contribution is 2.35. The minimum absolute atomic E-state index is 0.0278. The minimum atomic E-state index is 0.0278. The van der Waals surface area contributed by atoms with Crippen molar-refractivity contribution in [2.75, 3.05) is 7.05 Å². The topological polar surface area (TPSA) is 49.0 Å². The van der Waals surface area contributed by atoms with Gasteiger partial charge in [0.15, 0.2) is 0 Å². The average Bonchev–Trinajstić information content (AvgIpc) is 2.98. The first-order valence-corrected chi connectivity index (χ1v) is 11.3. The van der Waals surface area contributed by atoms with Gasteiger partial charge in [0.25, 0.3) is 5.56 Å². The van der Waals surface area contributed by atoms with Crippen molar-refractivity contribution in [2.24, 2.45) is 5.92 Å². The Balaban J connectivity index is 1.51. The van der Waals surface area contributed by atoms with Crippen LogP contribution in [0.2, 0.25) is 0 Å². The molecule has 0 saturated heterocycles. The smallest absolute Gasteiger partial charge is 0.259 e. The number of thiophene rings is 1. The molecule has 0 aliphatic heterocycles. The monoisotopic (exact) mass is 409 g/mol. The van der Waals surface area contributed by atoms with E-state index in [1.165, 1.54) is 21.6 Å². The fourth-order valence-electron chi connectivity index (χ4n) is 4.20. The molecule has 5 heteroatoms. The zero-order chi connectivity index (χ0) is 20.8. The van der Waals surface area contributed by atoms with Crippen LogP contribution in [0.25, 0.3) is 10.2 Å². The Labute approximate surface area is 177 Å². The summed E-state index contributed by atoms with van der Waals surface area (Å²) in [5, 5.41) is 0.834. The summed E-state index contributed by atoms with van der Waals surface area (Å²) in [5.41, 5.74) is 4.05. The Morgan fingerprint density at radius 2 is 1.93 bits per heavy atom. The highest BCUT2D eigenvalue weighted by atomic mass is 32.1. The molecule has 1 aromatic carbocycles. The lowest BCUT2D eigenvalue weighted by atomic mass is 9.87. The maximum Gasteiger partial charge on any atom is 0.259 e. The van der Waals surface area contributed by atoms with E-state index in [1.807, 2.05) is 0 Å². The molecule has 0 unspecified atom stereocenters. The van der Waals surface area contributed by atoms with E-state index in [2.05, 4.69) is 68.9 Å². The van der Waals surface area contributed by atoms with Crippen LogP contribution in [-0.2, 0) is 31.3 Å². The van der Waals surface area contributed by atoms with Gasteiger partial charge in [-0.3, -0.25) is 9.69 Å². The maximum absolute atomic E-state index is 12.8. The van der Waals surface area contributed by atoms with Crippen molar-refractivity contribution in [3.63, 3.8) is 0 Å². The van der Waals surface area contributed by atoms with E-state index in [4.69, 9.17) is 4.98 Å². The quantitative estimate of drug-likeness (QED) is 0.657. The van der Waals surface area contributed by atoms with Crippen LogP contribution in [0.4, 0.5) is 0 Å². The van der Waals surface area contributed by atoms with Gasteiger partial charge in [0.1, 0.15) is 10.7 Å². The molecule has 1 N–H and O–H groups in total. The highest BCUT2D eigenvalue weighted by molar-refractivity contribution is 7.18. The van der Waals surface area contributed by atoms with Crippen LogP contribution in [0.3, 0.4) is 0 Å². The van der Waals surface area contributed by atoms with Gasteiger partial charge >= 0.3 is 0 Å². The lowest BCUT2D eigenvalue weighted by Gasteiger charge is -2.20. The van der Waals surface area contributed by atoms with Gasteiger partial charge in [-0.15, -0.1) is 11.3 Å². The third-order valence-electron chi connectivity index (χ3n) is 5.91. The highest BCUT2D eigenvalue weighted by Gasteiger charge is 2.23. The number of aromatic amines is 1. The molecule has 154 valence electrons. The second kappa shape index (κ2) is 7.69. The van der Waals surface area contributed by atoms with E-state index in [0.29, 0.717) is 12.5 Å². The molecular weight excluding hydrogens is 378 g/mol. The van der Waals surface area contributed by atoms with Crippen molar-refractivity contribution in [1.29, 1.82) is 0 Å². The molecule has 2 heterocycles. The van der Waals surface area contributed by atoms with E-state index < -0.39 is 0 Å². The van der Waals surface area contributed by atoms with Gasteiger partial charge in [-0.2, -0.15) is 0 Å². The number of nitrogens with zero attached hydrogens (tertiary/aromatic N) is 2. The number of aromatic nitrogens is 2. The molecule has 0 amide bonds. The zero-order valence-electron chi connectivity index (χ0n) is 18.1. The first-order valence-electron chi connectivity index (χ1n) is 10.5. The van der Waals surface area contributed by atoms with Crippen LogP contribution in [0.15, 0.2) is 29.1 Å². The third kappa shape index (κ3) is 4.31. The van der Waals surface area contributed by atoms with Crippen molar-refractivity contribution in [2.45, 2.75) is 65.5 Å². The number of aryl methyl sites for hydroxylation is 1. The van der Waals surface area contributed by atoms with Crippen molar-refractivity contribution in [1.82, 2.24) is 14.9 Å². The summed E-state index contributed by atoms with van der Waals surface area (Å²) in [6, 6.07) is 8.83. The van der Waals surface area contributed by atoms with Crippen molar-refractivity contribution >= 4 is 21.6 Å². The Hall–Kier alpha value is -1.98. The van der Waals surface area contributed by atoms with Gasteiger partial charge in [0.2, 0.25) is 0 Å². The summed E-state index contributed by atoms with van der Waals surface area (Å²) in [7, 11) is 2.07. The molecule has 0 fully saturated rings. The SMILES string of the molecule is C[C@H]1CCc2c(sc3nc(CN(C)Cc4ccc(C(C)(C)C)cc4)[nH]c(=O)c23)C1. The second-order valence-electron chi connectivity index (χ2n) is 9.66. The molecule has 0 saturated carbocycles. The van der Waals surface area contributed by atoms with E-state index >= 15 is 0 Å². The summed E-state index contributed by atoms with van der Waals surface area (Å²) in [5.74, 6) is 1.45. The number of nitrogens with one attached hydrogen (secondary N) is 1. The minimum Gasteiger partial charge on any atom is -0.309 e. The molecule has 29 heavy (non-hydrogen) atoms. The fraction of sp³-hybridized carbons (Fsp3) is 0.500. The average molecular weight is 410 g/mol. The largest absolute Gasteiger partial charge is 0.309 e. The predicted molar refractivity (Wildman–Crippen MR) is 122 cm³/mol. The van der Waals surface area contributed by atoms with Crippen LogP contribution < -0.4 is 5.56 Å². The molecule has 4 rings (SSSR count). The third-order valence-corrected chi connectivity index (χ3v) is 7.05. The molecule has 4 nitrogen and oxygen atoms in total. The van der Waals surface area contributed by atoms with Crippen molar-refractivity contribution in [3.05, 3.63) is 62.0 Å². The van der Waals surface area contributed by atoms with Crippen LogP contribution in [0.5, 0.6) is 0 Å². The molecule has 1 aliphatic rings. The molecule has 0 spiro atoms. The van der Waals surface area contributed by atoms with Gasteiger partial charge in [-0.1, -0.05) is 52.0 Å². The predicted octanol–water partition coefficient (Wildman–Crippen LogP) is 5.04. The summed E-state index contributed by atoms with van der Waals surface area (Å²) < 4.78 is 0. The molecule has 0 radical (unpaired) electrons. The maximum atomic E-state index is 12.8. The van der Waals surface area contributed by atoms with E-state index in [-0.39, 0.29) is 11.0 Å². The van der Waals surface area contributed by atoms with E-state index in [1.54, 1.807) is 11.3 Å². The number of benzene rings is 1. The number of hydrogen-bond donors (Lipinski definition) is 1. The number of H-pyrrole nitrogens is 1. The standard InChI is InChI=1S/C24H31N3OS/c1-15-6-11-18-19(12-15)29-23-21(18)22(28)25-20(26-23)14-27(5)13-16-7-9-17(10-8-16)24(2,3)4/h7-10,15H,6,11-14H2,1-5H3,(H,25,26,28)/t15-/m0/s1. The lowest BCUT2D eigenvalue weighted by molar-refractivity contribution is 0.310. The Kier molecular flexibility index (Phi) is 5.38. The number of rotatable bonds is 4. The van der Waals surface area contributed by atoms with Gasteiger partial charge in [0.05, 0.1) is 11.9 Å². The first kappa shape index (κ1) is 20.3. The van der Waals surface area contributed by atoms with E-state index in [9.17, 15) is 4.79 Å². The molecule has 3 aromatic rings. The molecule has 1 aliphatic carbocycles. The van der Waals surface area contributed by atoms with E-state index in [0.717, 1.165) is 41.8 Å². The molecule has 1 atom stereocenters. The summed E-state index contributed by atoms with van der Waals surface area (Å²) >= 11 is 1.72. The van der Waals surface area contributed by atoms with Crippen LogP contribution in [0.1, 0.15) is 61.5 Å². The second-order valence-corrected chi connectivity index (χ2v) is 10.7. The Morgan fingerprint density at radius 1 is 1.21 bits per heavy atom. The van der Waals surface area contributed by atoms with Gasteiger partial charge in [0, 0.05) is 11.4 Å². The Morgan fingerprint density at radius 3 is 2.62 bits per heavy atom. The number of hydrogen-bond acceptors (Lipinski definition) is 4. The first-order chi connectivity index (χ1) is 13.7. The van der Waals surface area contributed by atoms with Gasteiger partial charge in [-0.05, 0) is 54.3 Å². The lowest BCUT2D eigenvalue weighted by Crippen LogP contribution is -2.22. The summed E-state index contributed by atoms with van der Waals surface area (Å²) in [6.07, 6.45) is 3.25. The van der Waals surface area contributed by atoms with Crippen LogP contribution in [0, 0.1) is 5.92 Å². The molecule has 2 aromatic heterocycles. The number of fused-ring (bicyclic) bond motifs is 3. The molecule has 0 bridgehead atoms. The van der Waals surface area contributed by atoms with Gasteiger partial charge < -0.3 is 4.98 Å². The van der Waals surface area contributed by atoms with Gasteiger partial charge in [-0.25, -0.2) is 4.98 Å². The molecular formula is C24H31N3OS. The normalized spacial score (nSPS) is 17.1. The van der Waals surface area contributed by atoms with Crippen LogP contribution >= 0.6 is 11.3 Å². The summed E-state index contributed by atoms with van der Waals surface area (Å²) in [6.45, 7) is 10.4. The Bertz CT molecular complexity index is 1070. The van der Waals surface area contributed by atoms with Crippen LogP contribution in [-0.4, -0.2) is 21.9 Å². The van der Waals surface area contributed by atoms with Crippen molar-refractivity contribution < 1.29 is 0 Å². The van der Waals surface area contributed by atoms with Crippen molar-refractivity contribution in [3.8, 4) is 0 Å².